The molecule has 0 radical (unpaired) electrons. The number of amides is 2. The van der Waals surface area contributed by atoms with E-state index >= 15 is 0 Å². The van der Waals surface area contributed by atoms with Gasteiger partial charge in [-0.3, -0.25) is 9.59 Å². The van der Waals surface area contributed by atoms with Gasteiger partial charge in [-0.2, -0.15) is 5.10 Å². The first-order chi connectivity index (χ1) is 12.0. The Bertz CT molecular complexity index is 803. The fraction of sp³-hybridized carbons (Fsp3) is 0.167. The summed E-state index contributed by atoms with van der Waals surface area (Å²) < 4.78 is 10.5. The summed E-state index contributed by atoms with van der Waals surface area (Å²) in [6.45, 7) is 1.40. The summed E-state index contributed by atoms with van der Waals surface area (Å²) >= 11 is 0. The Hall–Kier alpha value is -3.35. The smallest absolute Gasteiger partial charge is 0.271 e. The van der Waals surface area contributed by atoms with E-state index in [1.54, 1.807) is 49.6 Å². The highest BCUT2D eigenvalue weighted by Gasteiger charge is 2.08. The molecule has 0 saturated carbocycles. The van der Waals surface area contributed by atoms with Gasteiger partial charge < -0.3 is 14.8 Å². The third-order valence-electron chi connectivity index (χ3n) is 3.25. The van der Waals surface area contributed by atoms with Crippen LogP contribution < -0.4 is 20.2 Å². The van der Waals surface area contributed by atoms with Crippen molar-refractivity contribution < 1.29 is 19.1 Å². The molecule has 0 aromatic heterocycles. The molecule has 0 fully saturated rings. The molecule has 7 nitrogen and oxygen atoms in total. The third kappa shape index (κ3) is 4.81. The van der Waals surface area contributed by atoms with Crippen LogP contribution in [0.25, 0.3) is 0 Å². The molecule has 0 atom stereocenters. The van der Waals surface area contributed by atoms with Crippen molar-refractivity contribution in [2.45, 2.75) is 6.92 Å². The summed E-state index contributed by atoms with van der Waals surface area (Å²) in [4.78, 5) is 23.2. The van der Waals surface area contributed by atoms with E-state index in [0.29, 0.717) is 28.3 Å². The highest BCUT2D eigenvalue weighted by molar-refractivity contribution is 5.97. The van der Waals surface area contributed by atoms with E-state index in [2.05, 4.69) is 15.8 Å². The third-order valence-corrected chi connectivity index (χ3v) is 3.25. The van der Waals surface area contributed by atoms with Crippen molar-refractivity contribution in [1.82, 2.24) is 5.43 Å². The van der Waals surface area contributed by atoms with Crippen LogP contribution >= 0.6 is 0 Å². The number of nitrogens with one attached hydrogen (secondary N) is 2. The van der Waals surface area contributed by atoms with Crippen molar-refractivity contribution in [1.29, 1.82) is 0 Å². The molecule has 130 valence electrons. The summed E-state index contributed by atoms with van der Waals surface area (Å²) in [5.74, 6) is 0.488. The van der Waals surface area contributed by atoms with E-state index in [0.717, 1.165) is 0 Å². The van der Waals surface area contributed by atoms with Crippen molar-refractivity contribution >= 4 is 23.7 Å². The average Bonchev–Trinajstić information content (AvgIpc) is 2.60. The lowest BCUT2D eigenvalue weighted by Crippen LogP contribution is -2.18. The second-order valence-electron chi connectivity index (χ2n) is 5.04. The maximum absolute atomic E-state index is 12.2. The monoisotopic (exact) mass is 341 g/mol. The standard InChI is InChI=1S/C18H19N3O4/c1-12(22)20-15-8-4-6-13(10-15)18(23)21-19-11-14-7-5-9-16(24-2)17(14)25-3/h4-11H,1-3H3,(H,20,22)(H,21,23)/b19-11-. The second kappa shape index (κ2) is 8.49. The number of carbonyl (C=O) groups excluding carboxylic acids is 2. The second-order valence-corrected chi connectivity index (χ2v) is 5.04. The quantitative estimate of drug-likeness (QED) is 0.624. The number of methoxy groups -OCH3 is 2. The maximum atomic E-state index is 12.2. The molecule has 2 aromatic rings. The zero-order valence-corrected chi connectivity index (χ0v) is 14.2. The van der Waals surface area contributed by atoms with Gasteiger partial charge in [-0.15, -0.1) is 0 Å². The molecule has 2 amide bonds. The number of hydrazone groups is 1. The Morgan fingerprint density at radius 1 is 1.08 bits per heavy atom. The lowest BCUT2D eigenvalue weighted by Gasteiger charge is -2.09. The molecule has 0 spiro atoms. The number of rotatable bonds is 6. The number of hydrogen-bond donors (Lipinski definition) is 2. The van der Waals surface area contributed by atoms with Crippen LogP contribution in [0, 0.1) is 0 Å². The van der Waals surface area contributed by atoms with Crippen molar-refractivity contribution in [2.75, 3.05) is 19.5 Å². The summed E-state index contributed by atoms with van der Waals surface area (Å²) in [6.07, 6.45) is 1.47. The average molecular weight is 341 g/mol. The number of anilines is 1. The molecule has 0 aliphatic carbocycles. The molecular formula is C18H19N3O4. The Morgan fingerprint density at radius 2 is 1.84 bits per heavy atom. The number of hydrogen-bond acceptors (Lipinski definition) is 5. The molecule has 2 aromatic carbocycles. The molecule has 0 aliphatic heterocycles. The van der Waals surface area contributed by atoms with Gasteiger partial charge in [0.25, 0.3) is 5.91 Å². The molecular weight excluding hydrogens is 322 g/mol. The minimum atomic E-state index is -0.398. The first kappa shape index (κ1) is 18.0. The van der Waals surface area contributed by atoms with Gasteiger partial charge in [0.1, 0.15) is 0 Å². The highest BCUT2D eigenvalue weighted by Crippen LogP contribution is 2.29. The van der Waals surface area contributed by atoms with Gasteiger partial charge in [0.2, 0.25) is 5.91 Å². The Kier molecular flexibility index (Phi) is 6.11. The molecule has 0 unspecified atom stereocenters. The van der Waals surface area contributed by atoms with Crippen LogP contribution in [0.4, 0.5) is 5.69 Å². The zero-order chi connectivity index (χ0) is 18.2. The van der Waals surface area contributed by atoms with Crippen LogP contribution in [-0.4, -0.2) is 32.2 Å². The maximum Gasteiger partial charge on any atom is 0.271 e. The first-order valence-electron chi connectivity index (χ1n) is 7.47. The molecule has 25 heavy (non-hydrogen) atoms. The SMILES string of the molecule is COc1cccc(/C=N\NC(=O)c2cccc(NC(C)=O)c2)c1OC. The number of carbonyl (C=O) groups is 2. The summed E-state index contributed by atoms with van der Waals surface area (Å²) in [7, 11) is 3.07. The van der Waals surface area contributed by atoms with Gasteiger partial charge in [-0.05, 0) is 30.3 Å². The summed E-state index contributed by atoms with van der Waals surface area (Å²) in [5.41, 5.74) is 4.02. The molecule has 0 aliphatic rings. The lowest BCUT2D eigenvalue weighted by molar-refractivity contribution is -0.114. The highest BCUT2D eigenvalue weighted by atomic mass is 16.5. The van der Waals surface area contributed by atoms with Gasteiger partial charge >= 0.3 is 0 Å². The Labute approximate surface area is 145 Å². The predicted molar refractivity (Wildman–Crippen MR) is 95.4 cm³/mol. The minimum absolute atomic E-state index is 0.208. The number of para-hydroxylation sites is 1. The van der Waals surface area contributed by atoms with E-state index in [9.17, 15) is 9.59 Å². The lowest BCUT2D eigenvalue weighted by atomic mass is 10.2. The largest absolute Gasteiger partial charge is 0.493 e. The molecule has 0 heterocycles. The number of benzene rings is 2. The number of nitrogens with zero attached hydrogens (tertiary/aromatic N) is 1. The summed E-state index contributed by atoms with van der Waals surface area (Å²) in [5, 5.41) is 6.57. The van der Waals surface area contributed by atoms with Crippen LogP contribution in [0.2, 0.25) is 0 Å². The van der Waals surface area contributed by atoms with E-state index in [1.807, 2.05) is 0 Å². The van der Waals surface area contributed by atoms with Crippen LogP contribution in [0.5, 0.6) is 11.5 Å². The Balaban J connectivity index is 2.10. The van der Waals surface area contributed by atoms with Crippen LogP contribution in [0.1, 0.15) is 22.8 Å². The molecule has 2 rings (SSSR count). The van der Waals surface area contributed by atoms with E-state index in [1.165, 1.54) is 20.2 Å². The van der Waals surface area contributed by atoms with Gasteiger partial charge in [-0.25, -0.2) is 5.43 Å². The molecule has 2 N–H and O–H groups in total. The molecule has 7 heteroatoms. The molecule has 0 saturated heterocycles. The van der Waals surface area contributed by atoms with Crippen LogP contribution in [-0.2, 0) is 4.79 Å². The predicted octanol–water partition coefficient (Wildman–Crippen LogP) is 2.43. The fourth-order valence-corrected chi connectivity index (χ4v) is 2.18. The zero-order valence-electron chi connectivity index (χ0n) is 14.2. The topological polar surface area (TPSA) is 89.0 Å². The normalized spacial score (nSPS) is 10.4. The van der Waals surface area contributed by atoms with Gasteiger partial charge in [-0.1, -0.05) is 12.1 Å². The Morgan fingerprint density at radius 3 is 2.52 bits per heavy atom. The van der Waals surface area contributed by atoms with Crippen LogP contribution in [0.3, 0.4) is 0 Å². The van der Waals surface area contributed by atoms with Gasteiger partial charge in [0.05, 0.1) is 20.4 Å². The number of ether oxygens (including phenoxy) is 2. The summed E-state index contributed by atoms with van der Waals surface area (Å²) in [6, 6.07) is 11.9. The minimum Gasteiger partial charge on any atom is -0.493 e. The van der Waals surface area contributed by atoms with Gasteiger partial charge in [0.15, 0.2) is 11.5 Å². The van der Waals surface area contributed by atoms with Crippen LogP contribution in [0.15, 0.2) is 47.6 Å². The van der Waals surface area contributed by atoms with Crippen molar-refractivity contribution in [3.05, 3.63) is 53.6 Å². The molecule has 0 bridgehead atoms. The fourth-order valence-electron chi connectivity index (χ4n) is 2.18. The van der Waals surface area contributed by atoms with Crippen molar-refractivity contribution in [2.24, 2.45) is 5.10 Å². The van der Waals surface area contributed by atoms with E-state index in [-0.39, 0.29) is 5.91 Å². The van der Waals surface area contributed by atoms with E-state index < -0.39 is 5.91 Å². The first-order valence-corrected chi connectivity index (χ1v) is 7.47. The van der Waals surface area contributed by atoms with Crippen molar-refractivity contribution in [3.8, 4) is 11.5 Å². The van der Waals surface area contributed by atoms with Crippen molar-refractivity contribution in [3.63, 3.8) is 0 Å². The van der Waals surface area contributed by atoms with Gasteiger partial charge in [0, 0.05) is 23.7 Å². The van der Waals surface area contributed by atoms with E-state index in [4.69, 9.17) is 9.47 Å².